The standard InChI is InChI=1S/C14H18O3/c15-13(14(16)9-4-5-10-14)17-11-8-12-6-2-1-3-7-12/h1-3,6-7,16H,4-5,8-11H2. The van der Waals surface area contributed by atoms with Gasteiger partial charge in [0.05, 0.1) is 6.61 Å². The molecule has 1 aromatic rings. The lowest BCUT2D eigenvalue weighted by atomic mass is 10.0. The molecule has 1 aromatic carbocycles. The van der Waals surface area contributed by atoms with Crippen LogP contribution in [0.5, 0.6) is 0 Å². The van der Waals surface area contributed by atoms with Gasteiger partial charge in [-0.3, -0.25) is 0 Å². The van der Waals surface area contributed by atoms with E-state index in [2.05, 4.69) is 0 Å². The van der Waals surface area contributed by atoms with Crippen LogP contribution in [-0.2, 0) is 16.0 Å². The number of hydrogen-bond donors (Lipinski definition) is 1. The summed E-state index contributed by atoms with van der Waals surface area (Å²) < 4.78 is 5.14. The van der Waals surface area contributed by atoms with Gasteiger partial charge in [0.25, 0.3) is 0 Å². The topological polar surface area (TPSA) is 46.5 Å². The fourth-order valence-corrected chi connectivity index (χ4v) is 2.20. The highest BCUT2D eigenvalue weighted by molar-refractivity contribution is 5.79. The molecule has 1 saturated carbocycles. The molecule has 1 aliphatic carbocycles. The molecule has 0 aromatic heterocycles. The third kappa shape index (κ3) is 3.07. The number of benzene rings is 1. The maximum absolute atomic E-state index is 11.7. The van der Waals surface area contributed by atoms with Crippen molar-refractivity contribution in [2.75, 3.05) is 6.61 Å². The van der Waals surface area contributed by atoms with Gasteiger partial charge in [-0.25, -0.2) is 4.79 Å². The number of carbonyl (C=O) groups is 1. The molecule has 0 spiro atoms. The van der Waals surface area contributed by atoms with Crippen LogP contribution in [0, 0.1) is 0 Å². The molecule has 0 bridgehead atoms. The van der Waals surface area contributed by atoms with Crippen molar-refractivity contribution in [3.8, 4) is 0 Å². The van der Waals surface area contributed by atoms with E-state index in [1.54, 1.807) is 0 Å². The Kier molecular flexibility index (Phi) is 3.79. The van der Waals surface area contributed by atoms with Gasteiger partial charge in [0.1, 0.15) is 0 Å². The van der Waals surface area contributed by atoms with E-state index in [9.17, 15) is 9.90 Å². The van der Waals surface area contributed by atoms with Gasteiger partial charge >= 0.3 is 5.97 Å². The predicted octanol–water partition coefficient (Wildman–Crippen LogP) is 2.08. The number of carbonyl (C=O) groups excluding carboxylic acids is 1. The minimum absolute atomic E-state index is 0.338. The molecule has 92 valence electrons. The lowest BCUT2D eigenvalue weighted by Gasteiger charge is -2.19. The Hall–Kier alpha value is -1.35. The maximum Gasteiger partial charge on any atom is 0.338 e. The minimum Gasteiger partial charge on any atom is -0.463 e. The Morgan fingerprint density at radius 3 is 2.53 bits per heavy atom. The molecule has 1 fully saturated rings. The first-order valence-corrected chi connectivity index (χ1v) is 6.14. The Morgan fingerprint density at radius 2 is 1.88 bits per heavy atom. The molecule has 3 nitrogen and oxygen atoms in total. The summed E-state index contributed by atoms with van der Waals surface area (Å²) in [6, 6.07) is 9.87. The van der Waals surface area contributed by atoms with Gasteiger partial charge in [0.2, 0.25) is 0 Å². The van der Waals surface area contributed by atoms with E-state index in [0.717, 1.165) is 18.4 Å². The summed E-state index contributed by atoms with van der Waals surface area (Å²) in [5.41, 5.74) is -0.0739. The van der Waals surface area contributed by atoms with Crippen LogP contribution in [0.15, 0.2) is 30.3 Å². The van der Waals surface area contributed by atoms with Crippen LogP contribution in [0.25, 0.3) is 0 Å². The number of esters is 1. The Bertz CT molecular complexity index is 366. The average molecular weight is 234 g/mol. The van der Waals surface area contributed by atoms with Crippen LogP contribution < -0.4 is 0 Å². The zero-order valence-corrected chi connectivity index (χ0v) is 9.89. The molecule has 0 radical (unpaired) electrons. The van der Waals surface area contributed by atoms with Gasteiger partial charge in [0, 0.05) is 6.42 Å². The zero-order valence-electron chi connectivity index (χ0n) is 9.89. The normalized spacial score (nSPS) is 17.9. The summed E-state index contributed by atoms with van der Waals surface area (Å²) in [5.74, 6) is -0.453. The largest absolute Gasteiger partial charge is 0.463 e. The zero-order chi connectivity index (χ0) is 12.1. The summed E-state index contributed by atoms with van der Waals surface area (Å²) in [4.78, 5) is 11.7. The van der Waals surface area contributed by atoms with Crippen molar-refractivity contribution >= 4 is 5.97 Å². The minimum atomic E-state index is -1.21. The van der Waals surface area contributed by atoms with E-state index < -0.39 is 11.6 Å². The van der Waals surface area contributed by atoms with Crippen LogP contribution in [0.1, 0.15) is 31.2 Å². The lowest BCUT2D eigenvalue weighted by Crippen LogP contribution is -2.37. The van der Waals surface area contributed by atoms with E-state index in [-0.39, 0.29) is 0 Å². The van der Waals surface area contributed by atoms with Crippen molar-refractivity contribution in [1.29, 1.82) is 0 Å². The van der Waals surface area contributed by atoms with Crippen molar-refractivity contribution in [1.82, 2.24) is 0 Å². The quantitative estimate of drug-likeness (QED) is 0.811. The molecule has 2 rings (SSSR count). The van der Waals surface area contributed by atoms with Crippen LogP contribution in [0.2, 0.25) is 0 Å². The van der Waals surface area contributed by atoms with E-state index in [1.807, 2.05) is 30.3 Å². The van der Waals surface area contributed by atoms with Gasteiger partial charge in [-0.15, -0.1) is 0 Å². The van der Waals surface area contributed by atoms with E-state index in [0.29, 0.717) is 25.9 Å². The number of rotatable bonds is 4. The number of hydrogen-bond acceptors (Lipinski definition) is 3. The molecule has 1 N–H and O–H groups in total. The van der Waals surface area contributed by atoms with E-state index in [1.165, 1.54) is 0 Å². The summed E-state index contributed by atoms with van der Waals surface area (Å²) in [6.07, 6.45) is 3.59. The molecule has 0 saturated heterocycles. The van der Waals surface area contributed by atoms with Crippen molar-refractivity contribution < 1.29 is 14.6 Å². The van der Waals surface area contributed by atoms with E-state index >= 15 is 0 Å². The first-order valence-electron chi connectivity index (χ1n) is 6.14. The van der Waals surface area contributed by atoms with Crippen molar-refractivity contribution in [3.63, 3.8) is 0 Å². The summed E-state index contributed by atoms with van der Waals surface area (Å²) in [5, 5.41) is 9.98. The summed E-state index contributed by atoms with van der Waals surface area (Å²) in [7, 11) is 0. The highest BCUT2D eigenvalue weighted by Gasteiger charge is 2.40. The van der Waals surface area contributed by atoms with Gasteiger partial charge in [-0.1, -0.05) is 30.3 Å². The van der Waals surface area contributed by atoms with Gasteiger partial charge in [-0.05, 0) is 31.2 Å². The first kappa shape index (κ1) is 12.1. The molecule has 0 aliphatic heterocycles. The van der Waals surface area contributed by atoms with Crippen LogP contribution in [0.4, 0.5) is 0 Å². The molecule has 0 amide bonds. The van der Waals surface area contributed by atoms with Crippen molar-refractivity contribution in [2.24, 2.45) is 0 Å². The average Bonchev–Trinajstić information content (AvgIpc) is 2.79. The summed E-state index contributed by atoms with van der Waals surface area (Å²) >= 11 is 0. The Balaban J connectivity index is 1.77. The fraction of sp³-hybridized carbons (Fsp3) is 0.500. The second-order valence-corrected chi connectivity index (χ2v) is 4.61. The van der Waals surface area contributed by atoms with Gasteiger partial charge in [0.15, 0.2) is 5.60 Å². The Labute approximate surface area is 101 Å². The molecular weight excluding hydrogens is 216 g/mol. The lowest BCUT2D eigenvalue weighted by molar-refractivity contribution is -0.164. The maximum atomic E-state index is 11.7. The second-order valence-electron chi connectivity index (χ2n) is 4.61. The summed E-state index contributed by atoms with van der Waals surface area (Å²) in [6.45, 7) is 0.338. The molecule has 17 heavy (non-hydrogen) atoms. The van der Waals surface area contributed by atoms with Crippen LogP contribution >= 0.6 is 0 Å². The molecule has 3 heteroatoms. The molecular formula is C14H18O3. The van der Waals surface area contributed by atoms with Crippen molar-refractivity contribution in [3.05, 3.63) is 35.9 Å². The number of aliphatic hydroxyl groups is 1. The van der Waals surface area contributed by atoms with Crippen LogP contribution in [-0.4, -0.2) is 23.3 Å². The first-order chi connectivity index (χ1) is 8.21. The van der Waals surface area contributed by atoms with Gasteiger partial charge in [-0.2, -0.15) is 0 Å². The molecule has 0 atom stereocenters. The second kappa shape index (κ2) is 5.32. The molecule has 0 heterocycles. The fourth-order valence-electron chi connectivity index (χ4n) is 2.20. The monoisotopic (exact) mass is 234 g/mol. The number of ether oxygens (including phenoxy) is 1. The van der Waals surface area contributed by atoms with Crippen molar-refractivity contribution in [2.45, 2.75) is 37.7 Å². The Morgan fingerprint density at radius 1 is 1.24 bits per heavy atom. The third-order valence-electron chi connectivity index (χ3n) is 3.28. The predicted molar refractivity (Wildman–Crippen MR) is 64.5 cm³/mol. The van der Waals surface area contributed by atoms with Gasteiger partial charge < -0.3 is 9.84 Å². The smallest absolute Gasteiger partial charge is 0.338 e. The SMILES string of the molecule is O=C(OCCc1ccccc1)C1(O)CCCC1. The molecule has 0 unspecified atom stereocenters. The third-order valence-corrected chi connectivity index (χ3v) is 3.28. The highest BCUT2D eigenvalue weighted by atomic mass is 16.5. The molecule has 1 aliphatic rings. The van der Waals surface area contributed by atoms with E-state index in [4.69, 9.17) is 4.74 Å². The van der Waals surface area contributed by atoms with Crippen LogP contribution in [0.3, 0.4) is 0 Å². The highest BCUT2D eigenvalue weighted by Crippen LogP contribution is 2.30.